The van der Waals surface area contributed by atoms with E-state index in [0.717, 1.165) is 11.1 Å². The van der Waals surface area contributed by atoms with Gasteiger partial charge in [-0.05, 0) is 67.2 Å². The number of aromatic nitrogens is 1. The van der Waals surface area contributed by atoms with Gasteiger partial charge in [0.2, 0.25) is 11.8 Å². The number of hydrogen-bond acceptors (Lipinski definition) is 5. The third-order valence-corrected chi connectivity index (χ3v) is 4.40. The number of carbonyl (C=O) groups excluding carboxylic acids is 1. The summed E-state index contributed by atoms with van der Waals surface area (Å²) in [4.78, 5) is 16.5. The van der Waals surface area contributed by atoms with Gasteiger partial charge in [-0.2, -0.15) is 0 Å². The molecule has 7 heteroatoms. The van der Waals surface area contributed by atoms with E-state index in [2.05, 4.69) is 15.6 Å². The zero-order valence-electron chi connectivity index (χ0n) is 15.5. The molecule has 2 aromatic heterocycles. The zero-order chi connectivity index (χ0) is 20.2. The minimum Gasteiger partial charge on any atom is -0.465 e. The summed E-state index contributed by atoms with van der Waals surface area (Å²) in [6.45, 7) is 2.01. The summed E-state index contributed by atoms with van der Waals surface area (Å²) in [6, 6.07) is 16.8. The molecule has 144 valence electrons. The van der Waals surface area contributed by atoms with Crippen LogP contribution >= 0.6 is 12.2 Å². The smallest absolute Gasteiger partial charge is 0.250 e. The van der Waals surface area contributed by atoms with E-state index in [1.165, 1.54) is 12.3 Å². The van der Waals surface area contributed by atoms with Crippen LogP contribution in [0.25, 0.3) is 28.6 Å². The molecule has 2 heterocycles. The van der Waals surface area contributed by atoms with Gasteiger partial charge in [-0.1, -0.05) is 18.2 Å². The normalized spacial score (nSPS) is 11.1. The Hall–Kier alpha value is -3.71. The maximum absolute atomic E-state index is 11.9. The molecule has 2 aromatic carbocycles. The molecule has 29 heavy (non-hydrogen) atoms. The fourth-order valence-corrected chi connectivity index (χ4v) is 3.01. The van der Waals surface area contributed by atoms with Gasteiger partial charge < -0.3 is 14.2 Å². The monoisotopic (exact) mass is 403 g/mol. The van der Waals surface area contributed by atoms with Gasteiger partial charge in [0.05, 0.1) is 6.26 Å². The Kier molecular flexibility index (Phi) is 5.22. The van der Waals surface area contributed by atoms with Crippen LogP contribution in [-0.2, 0) is 4.79 Å². The Morgan fingerprint density at radius 1 is 1.14 bits per heavy atom. The second-order valence-corrected chi connectivity index (χ2v) is 6.72. The number of benzene rings is 2. The third-order valence-electron chi connectivity index (χ3n) is 4.20. The summed E-state index contributed by atoms with van der Waals surface area (Å²) in [5.41, 5.74) is 4.10. The molecular weight excluding hydrogens is 386 g/mol. The molecule has 2 N–H and O–H groups in total. The van der Waals surface area contributed by atoms with Crippen molar-refractivity contribution >= 4 is 46.1 Å². The van der Waals surface area contributed by atoms with Gasteiger partial charge in [0.15, 0.2) is 10.7 Å². The van der Waals surface area contributed by atoms with Crippen LogP contribution in [0.2, 0.25) is 0 Å². The number of anilines is 1. The molecule has 0 aliphatic heterocycles. The van der Waals surface area contributed by atoms with Gasteiger partial charge in [0.25, 0.3) is 0 Å². The molecule has 0 saturated heterocycles. The zero-order valence-corrected chi connectivity index (χ0v) is 16.3. The van der Waals surface area contributed by atoms with Crippen molar-refractivity contribution in [2.75, 3.05) is 5.32 Å². The lowest BCUT2D eigenvalue weighted by molar-refractivity contribution is -0.115. The maximum Gasteiger partial charge on any atom is 0.250 e. The van der Waals surface area contributed by atoms with E-state index in [1.54, 1.807) is 18.2 Å². The van der Waals surface area contributed by atoms with Crippen LogP contribution in [0.15, 0.2) is 75.8 Å². The van der Waals surface area contributed by atoms with Crippen LogP contribution in [0.3, 0.4) is 0 Å². The number of furan rings is 1. The number of nitrogens with one attached hydrogen (secondary N) is 2. The number of oxazole rings is 1. The highest BCUT2D eigenvalue weighted by Gasteiger charge is 2.11. The lowest BCUT2D eigenvalue weighted by Gasteiger charge is -2.07. The lowest BCUT2D eigenvalue weighted by atomic mass is 10.1. The summed E-state index contributed by atoms with van der Waals surface area (Å²) in [7, 11) is 0. The fourth-order valence-electron chi connectivity index (χ4n) is 2.79. The molecule has 0 aliphatic rings. The fraction of sp³-hybridized carbons (Fsp3) is 0.0455. The minimum atomic E-state index is -0.358. The molecular formula is C22H17N3O3S. The second-order valence-electron chi connectivity index (χ2n) is 6.31. The second kappa shape index (κ2) is 8.12. The van der Waals surface area contributed by atoms with E-state index in [-0.39, 0.29) is 11.0 Å². The highest BCUT2D eigenvalue weighted by Crippen LogP contribution is 2.28. The molecule has 0 spiro atoms. The van der Waals surface area contributed by atoms with Gasteiger partial charge in [0.1, 0.15) is 11.3 Å². The van der Waals surface area contributed by atoms with Crippen molar-refractivity contribution in [2.24, 2.45) is 0 Å². The highest BCUT2D eigenvalue weighted by atomic mass is 32.1. The molecule has 6 nitrogen and oxygen atoms in total. The number of fused-ring (bicyclic) bond motifs is 1. The number of nitrogens with zero attached hydrogens (tertiary/aromatic N) is 1. The van der Waals surface area contributed by atoms with Crippen LogP contribution in [0.1, 0.15) is 11.3 Å². The molecule has 1 amide bonds. The number of aryl methyl sites for hydroxylation is 1. The number of thiocarbonyl (C=S) groups is 1. The quantitative estimate of drug-likeness (QED) is 0.372. The Morgan fingerprint density at radius 2 is 2.00 bits per heavy atom. The summed E-state index contributed by atoms with van der Waals surface area (Å²) in [5.74, 6) is 0.789. The van der Waals surface area contributed by atoms with Crippen LogP contribution in [0.5, 0.6) is 0 Å². The molecule has 0 saturated carbocycles. The number of amides is 1. The van der Waals surface area contributed by atoms with E-state index in [9.17, 15) is 4.79 Å². The van der Waals surface area contributed by atoms with Gasteiger partial charge in [-0.25, -0.2) is 4.98 Å². The summed E-state index contributed by atoms with van der Waals surface area (Å²) in [6.07, 6.45) is 4.45. The van der Waals surface area contributed by atoms with E-state index < -0.39 is 0 Å². The number of rotatable bonds is 4. The topological polar surface area (TPSA) is 80.3 Å². The molecule has 0 bridgehead atoms. The van der Waals surface area contributed by atoms with Crippen molar-refractivity contribution in [1.29, 1.82) is 0 Å². The number of carbonyl (C=O) groups is 1. The van der Waals surface area contributed by atoms with E-state index in [0.29, 0.717) is 28.4 Å². The lowest BCUT2D eigenvalue weighted by Crippen LogP contribution is -2.32. The first-order valence-electron chi connectivity index (χ1n) is 8.88. The predicted octanol–water partition coefficient (Wildman–Crippen LogP) is 4.92. The summed E-state index contributed by atoms with van der Waals surface area (Å²) < 4.78 is 11.0. The Balaban J connectivity index is 1.45. The van der Waals surface area contributed by atoms with Crippen molar-refractivity contribution in [3.8, 4) is 11.5 Å². The third kappa shape index (κ3) is 4.41. The average molecular weight is 403 g/mol. The van der Waals surface area contributed by atoms with Crippen molar-refractivity contribution in [1.82, 2.24) is 10.3 Å². The van der Waals surface area contributed by atoms with Crippen LogP contribution in [0.4, 0.5) is 5.69 Å². The first kappa shape index (κ1) is 18.6. The summed E-state index contributed by atoms with van der Waals surface area (Å²) in [5, 5.41) is 5.75. The number of hydrogen-bond donors (Lipinski definition) is 2. The maximum atomic E-state index is 11.9. The SMILES string of the molecule is Cc1ccccc1-c1nc2cc(NC(=S)NC(=O)/C=C/c3ccco3)ccc2o1. The predicted molar refractivity (Wildman–Crippen MR) is 116 cm³/mol. The molecule has 4 aromatic rings. The minimum absolute atomic E-state index is 0.182. The van der Waals surface area contributed by atoms with Crippen LogP contribution in [-0.4, -0.2) is 16.0 Å². The van der Waals surface area contributed by atoms with Crippen LogP contribution in [0, 0.1) is 6.92 Å². The van der Waals surface area contributed by atoms with Gasteiger partial charge in [0, 0.05) is 17.3 Å². The van der Waals surface area contributed by atoms with Crippen molar-refractivity contribution in [3.05, 3.63) is 78.3 Å². The largest absolute Gasteiger partial charge is 0.465 e. The van der Waals surface area contributed by atoms with Crippen molar-refractivity contribution < 1.29 is 13.6 Å². The Labute approximate surface area is 172 Å². The first-order valence-corrected chi connectivity index (χ1v) is 9.29. The molecule has 0 aliphatic carbocycles. The van der Waals surface area contributed by atoms with Gasteiger partial charge in [-0.3, -0.25) is 10.1 Å². The van der Waals surface area contributed by atoms with E-state index >= 15 is 0 Å². The average Bonchev–Trinajstić information content (AvgIpc) is 3.36. The van der Waals surface area contributed by atoms with Crippen molar-refractivity contribution in [3.63, 3.8) is 0 Å². The van der Waals surface area contributed by atoms with Crippen LogP contribution < -0.4 is 10.6 Å². The van der Waals surface area contributed by atoms with Crippen molar-refractivity contribution in [2.45, 2.75) is 6.92 Å². The first-order chi connectivity index (χ1) is 14.1. The highest BCUT2D eigenvalue weighted by molar-refractivity contribution is 7.80. The Bertz CT molecular complexity index is 1210. The molecule has 0 atom stereocenters. The van der Waals surface area contributed by atoms with E-state index in [4.69, 9.17) is 21.1 Å². The molecule has 0 fully saturated rings. The molecule has 0 unspecified atom stereocenters. The van der Waals surface area contributed by atoms with Gasteiger partial charge >= 0.3 is 0 Å². The van der Waals surface area contributed by atoms with E-state index in [1.807, 2.05) is 49.4 Å². The standard InChI is InChI=1S/C22H17N3O3S/c1-14-5-2-3-7-17(14)21-24-18-13-15(8-10-19(18)28-21)23-22(29)25-20(26)11-9-16-6-4-12-27-16/h2-13H,1H3,(H2,23,25,26,29)/b11-9+. The Morgan fingerprint density at radius 3 is 2.79 bits per heavy atom. The van der Waals surface area contributed by atoms with Gasteiger partial charge in [-0.15, -0.1) is 0 Å². The molecule has 4 rings (SSSR count). The summed E-state index contributed by atoms with van der Waals surface area (Å²) >= 11 is 5.20. The molecule has 0 radical (unpaired) electrons.